The van der Waals surface area contributed by atoms with E-state index in [1.165, 1.54) is 5.69 Å². The van der Waals surface area contributed by atoms with E-state index in [9.17, 15) is 0 Å². The van der Waals surface area contributed by atoms with Crippen molar-refractivity contribution in [2.24, 2.45) is 5.10 Å². The highest BCUT2D eigenvalue weighted by Gasteiger charge is 2.17. The molecule has 1 aliphatic heterocycles. The van der Waals surface area contributed by atoms with Crippen LogP contribution in [0.4, 0.5) is 5.69 Å². The van der Waals surface area contributed by atoms with E-state index in [-0.39, 0.29) is 0 Å². The molecule has 150 valence electrons. The minimum absolute atomic E-state index is 0.768. The lowest BCUT2D eigenvalue weighted by Crippen LogP contribution is -2.44. The molecule has 4 aromatic rings. The van der Waals surface area contributed by atoms with Crippen LogP contribution in [0.25, 0.3) is 16.9 Å². The van der Waals surface area contributed by atoms with Crippen LogP contribution in [0.1, 0.15) is 5.69 Å². The highest BCUT2D eigenvalue weighted by Crippen LogP contribution is 2.24. The van der Waals surface area contributed by atoms with E-state index < -0.39 is 0 Å². The van der Waals surface area contributed by atoms with Gasteiger partial charge in [0.2, 0.25) is 0 Å². The molecule has 1 saturated heterocycles. The Kier molecular flexibility index (Phi) is 5.11. The van der Waals surface area contributed by atoms with Crippen LogP contribution in [0.2, 0.25) is 5.02 Å². The third kappa shape index (κ3) is 3.76. The van der Waals surface area contributed by atoms with Crippen molar-refractivity contribution in [1.82, 2.24) is 14.4 Å². The van der Waals surface area contributed by atoms with Crippen molar-refractivity contribution in [2.45, 2.75) is 0 Å². The van der Waals surface area contributed by atoms with Crippen LogP contribution in [-0.4, -0.2) is 46.8 Å². The second-order valence-corrected chi connectivity index (χ2v) is 7.74. The largest absolute Gasteiger partial charge is 0.368 e. The standard InChI is InChI=1S/C24H22ClN5/c25-20-9-11-21(12-10-20)28-14-16-29(17-15-28)26-18-22-24(19-6-2-1-3-7-19)27-23-8-4-5-13-30(22)23/h1-13,18H,14-17H2. The van der Waals surface area contributed by atoms with E-state index >= 15 is 0 Å². The molecule has 2 aromatic heterocycles. The number of halogens is 1. The van der Waals surface area contributed by atoms with Crippen molar-refractivity contribution in [2.75, 3.05) is 31.1 Å². The molecule has 0 amide bonds. The molecule has 0 N–H and O–H groups in total. The Bertz CT molecular complexity index is 1160. The summed E-state index contributed by atoms with van der Waals surface area (Å²) >= 11 is 6.01. The molecule has 0 aliphatic carbocycles. The van der Waals surface area contributed by atoms with Crippen molar-refractivity contribution in [3.8, 4) is 11.3 Å². The Labute approximate surface area is 180 Å². The number of nitrogens with zero attached hydrogens (tertiary/aromatic N) is 5. The first kappa shape index (κ1) is 18.7. The molecule has 5 nitrogen and oxygen atoms in total. The molecule has 3 heterocycles. The quantitative estimate of drug-likeness (QED) is 0.449. The predicted octanol–water partition coefficient (Wildman–Crippen LogP) is 4.81. The van der Waals surface area contributed by atoms with Gasteiger partial charge in [0.25, 0.3) is 0 Å². The molecule has 6 heteroatoms. The number of imidazole rings is 1. The molecule has 0 unspecified atom stereocenters. The predicted molar refractivity (Wildman–Crippen MR) is 123 cm³/mol. The van der Waals surface area contributed by atoms with Crippen molar-refractivity contribution in [3.05, 3.63) is 89.7 Å². The number of hydrogen-bond donors (Lipinski definition) is 0. The first-order chi connectivity index (χ1) is 14.8. The second kappa shape index (κ2) is 8.20. The van der Waals surface area contributed by atoms with Crippen LogP contribution in [0.15, 0.2) is 84.1 Å². The third-order valence-electron chi connectivity index (χ3n) is 5.41. The molecule has 0 atom stereocenters. The van der Waals surface area contributed by atoms with Gasteiger partial charge in [-0.1, -0.05) is 48.0 Å². The Morgan fingerprint density at radius 2 is 1.57 bits per heavy atom. The fraction of sp³-hybridized carbons (Fsp3) is 0.167. The summed E-state index contributed by atoms with van der Waals surface area (Å²) in [6, 6.07) is 24.4. The molecule has 5 rings (SSSR count). The topological polar surface area (TPSA) is 36.1 Å². The summed E-state index contributed by atoms with van der Waals surface area (Å²) in [5, 5.41) is 7.70. The lowest BCUT2D eigenvalue weighted by Gasteiger charge is -2.34. The van der Waals surface area contributed by atoms with E-state index in [2.05, 4.69) is 38.6 Å². The third-order valence-corrected chi connectivity index (χ3v) is 5.66. The summed E-state index contributed by atoms with van der Waals surface area (Å²) in [6.07, 6.45) is 3.98. The van der Waals surface area contributed by atoms with Crippen molar-refractivity contribution >= 4 is 29.2 Å². The zero-order chi connectivity index (χ0) is 20.3. The zero-order valence-corrected chi connectivity index (χ0v) is 17.3. The Balaban J connectivity index is 1.36. The number of benzene rings is 2. The number of hydrazone groups is 1. The van der Waals surface area contributed by atoms with Gasteiger partial charge >= 0.3 is 0 Å². The summed E-state index contributed by atoms with van der Waals surface area (Å²) in [6.45, 7) is 3.60. The number of piperazine rings is 1. The summed E-state index contributed by atoms with van der Waals surface area (Å²) in [4.78, 5) is 7.21. The van der Waals surface area contributed by atoms with Crippen molar-refractivity contribution < 1.29 is 0 Å². The Morgan fingerprint density at radius 3 is 2.33 bits per heavy atom. The molecular formula is C24H22ClN5. The summed E-state index contributed by atoms with van der Waals surface area (Å²) < 4.78 is 2.09. The first-order valence-electron chi connectivity index (χ1n) is 10.1. The van der Waals surface area contributed by atoms with E-state index in [0.717, 1.165) is 53.8 Å². The molecular weight excluding hydrogens is 394 g/mol. The van der Waals surface area contributed by atoms with Crippen LogP contribution in [-0.2, 0) is 0 Å². The number of pyridine rings is 1. The number of hydrogen-bond acceptors (Lipinski definition) is 4. The van der Waals surface area contributed by atoms with Gasteiger partial charge in [-0.2, -0.15) is 5.10 Å². The lowest BCUT2D eigenvalue weighted by atomic mass is 10.1. The van der Waals surface area contributed by atoms with Gasteiger partial charge in [-0.3, -0.25) is 9.41 Å². The summed E-state index contributed by atoms with van der Waals surface area (Å²) in [5.41, 5.74) is 5.17. The lowest BCUT2D eigenvalue weighted by molar-refractivity contribution is 0.272. The van der Waals surface area contributed by atoms with Crippen LogP contribution in [0.3, 0.4) is 0 Å². The smallest absolute Gasteiger partial charge is 0.137 e. The van der Waals surface area contributed by atoms with E-state index in [0.29, 0.717) is 0 Å². The van der Waals surface area contributed by atoms with Gasteiger partial charge in [-0.25, -0.2) is 4.98 Å². The van der Waals surface area contributed by atoms with Crippen LogP contribution < -0.4 is 4.90 Å². The van der Waals surface area contributed by atoms with E-state index in [1.54, 1.807) is 0 Å². The minimum atomic E-state index is 0.768. The van der Waals surface area contributed by atoms with Gasteiger partial charge in [0, 0.05) is 35.6 Å². The van der Waals surface area contributed by atoms with Crippen LogP contribution >= 0.6 is 11.6 Å². The second-order valence-electron chi connectivity index (χ2n) is 7.30. The van der Waals surface area contributed by atoms with Gasteiger partial charge in [0.15, 0.2) is 0 Å². The molecule has 1 aliphatic rings. The highest BCUT2D eigenvalue weighted by molar-refractivity contribution is 6.30. The maximum Gasteiger partial charge on any atom is 0.137 e. The summed E-state index contributed by atoms with van der Waals surface area (Å²) in [5.74, 6) is 0. The molecule has 0 spiro atoms. The SMILES string of the molecule is Clc1ccc(N2CCN(N=Cc3c(-c4ccccc4)nc4ccccn34)CC2)cc1. The fourth-order valence-corrected chi connectivity index (χ4v) is 3.93. The minimum Gasteiger partial charge on any atom is -0.368 e. The molecule has 0 bridgehead atoms. The van der Waals surface area contributed by atoms with Crippen molar-refractivity contribution in [3.63, 3.8) is 0 Å². The maximum absolute atomic E-state index is 6.01. The number of fused-ring (bicyclic) bond motifs is 1. The Hall–Kier alpha value is -3.31. The molecule has 0 radical (unpaired) electrons. The van der Waals surface area contributed by atoms with E-state index in [4.69, 9.17) is 21.7 Å². The highest BCUT2D eigenvalue weighted by atomic mass is 35.5. The fourth-order valence-electron chi connectivity index (χ4n) is 3.80. The maximum atomic E-state index is 6.01. The molecule has 2 aromatic carbocycles. The molecule has 0 saturated carbocycles. The monoisotopic (exact) mass is 415 g/mol. The normalized spacial score (nSPS) is 14.7. The van der Waals surface area contributed by atoms with Gasteiger partial charge in [-0.05, 0) is 36.4 Å². The van der Waals surface area contributed by atoms with Gasteiger partial charge < -0.3 is 4.90 Å². The Morgan fingerprint density at radius 1 is 0.833 bits per heavy atom. The first-order valence-corrected chi connectivity index (χ1v) is 10.5. The molecule has 30 heavy (non-hydrogen) atoms. The molecule has 1 fully saturated rings. The average Bonchev–Trinajstić information content (AvgIpc) is 3.18. The average molecular weight is 416 g/mol. The number of rotatable bonds is 4. The van der Waals surface area contributed by atoms with Crippen LogP contribution in [0.5, 0.6) is 0 Å². The van der Waals surface area contributed by atoms with Crippen LogP contribution in [0, 0.1) is 0 Å². The van der Waals surface area contributed by atoms with Gasteiger partial charge in [-0.15, -0.1) is 0 Å². The number of anilines is 1. The van der Waals surface area contributed by atoms with Gasteiger partial charge in [0.1, 0.15) is 5.65 Å². The summed E-state index contributed by atoms with van der Waals surface area (Å²) in [7, 11) is 0. The zero-order valence-electron chi connectivity index (χ0n) is 16.5. The van der Waals surface area contributed by atoms with Gasteiger partial charge in [0.05, 0.1) is 30.7 Å². The van der Waals surface area contributed by atoms with E-state index in [1.807, 2.05) is 60.9 Å². The number of aromatic nitrogens is 2. The van der Waals surface area contributed by atoms with Crippen molar-refractivity contribution in [1.29, 1.82) is 0 Å².